The molecule has 0 bridgehead atoms. The maximum atomic E-state index is 13.5. The molecule has 0 spiro atoms. The molecule has 1 aliphatic heterocycles. The smallest absolute Gasteiger partial charge is 0.467 e. The minimum absolute atomic E-state index is 0.0490. The molecule has 1 saturated heterocycles. The SMILES string of the molecule is COC(=O)[C@H]1O[C@@H](Oc2ccc(COC(=O)Oc3ccc(N=O)cc3)cc2NC(=O)CCNC(=O)OCC2c3ccccc3-c3ccccc32)[C@H](OC(C)=O)[C@@H](OC(C)=O)[C@@H]1OC(C)=O. The number of nitrogens with one attached hydrogen (secondary N) is 2. The summed E-state index contributed by atoms with van der Waals surface area (Å²) in [5.41, 5.74) is 4.48. The average Bonchev–Trinajstić information content (AvgIpc) is 3.60. The number of carbonyl (C=O) groups excluding carboxylic acids is 7. The number of rotatable bonds is 16. The number of esters is 4. The fourth-order valence-electron chi connectivity index (χ4n) is 7.15. The fraction of sp³-hybridized carbons (Fsp3) is 0.311. The lowest BCUT2D eigenvalue weighted by Gasteiger charge is -2.43. The van der Waals surface area contributed by atoms with Gasteiger partial charge in [-0.2, -0.15) is 0 Å². The zero-order valence-electron chi connectivity index (χ0n) is 35.3. The Balaban J connectivity index is 1.18. The van der Waals surface area contributed by atoms with E-state index in [1.165, 1.54) is 42.5 Å². The second-order valence-corrected chi connectivity index (χ2v) is 14.4. The van der Waals surface area contributed by atoms with Crippen molar-refractivity contribution in [1.82, 2.24) is 5.32 Å². The van der Waals surface area contributed by atoms with Crippen molar-refractivity contribution in [1.29, 1.82) is 0 Å². The second-order valence-electron chi connectivity index (χ2n) is 14.4. The summed E-state index contributed by atoms with van der Waals surface area (Å²) < 4.78 is 49.0. The van der Waals surface area contributed by atoms with Crippen molar-refractivity contribution in [3.8, 4) is 22.6 Å². The summed E-state index contributed by atoms with van der Waals surface area (Å²) in [6.07, 6.45) is -10.7. The molecule has 1 fully saturated rings. The molecule has 65 heavy (non-hydrogen) atoms. The van der Waals surface area contributed by atoms with Crippen LogP contribution in [0.1, 0.15) is 49.8 Å². The summed E-state index contributed by atoms with van der Waals surface area (Å²) in [7, 11) is 1.03. The third-order valence-corrected chi connectivity index (χ3v) is 9.86. The summed E-state index contributed by atoms with van der Waals surface area (Å²) in [5, 5.41) is 8.01. The summed E-state index contributed by atoms with van der Waals surface area (Å²) in [6, 6.07) is 25.1. The van der Waals surface area contributed by atoms with Crippen LogP contribution in [0.15, 0.2) is 96.2 Å². The Morgan fingerprint density at radius 1 is 0.723 bits per heavy atom. The predicted molar refractivity (Wildman–Crippen MR) is 223 cm³/mol. The van der Waals surface area contributed by atoms with Crippen molar-refractivity contribution in [2.24, 2.45) is 5.18 Å². The van der Waals surface area contributed by atoms with Gasteiger partial charge in [0, 0.05) is 39.7 Å². The Morgan fingerprint density at radius 2 is 1.34 bits per heavy atom. The van der Waals surface area contributed by atoms with Crippen LogP contribution in [-0.4, -0.2) is 93.0 Å². The van der Waals surface area contributed by atoms with Crippen molar-refractivity contribution in [2.75, 3.05) is 25.6 Å². The molecule has 2 aliphatic rings. The van der Waals surface area contributed by atoms with Gasteiger partial charge in [-0.3, -0.25) is 19.2 Å². The molecule has 2 amide bonds. The number of amides is 2. The Morgan fingerprint density at radius 3 is 1.95 bits per heavy atom. The molecule has 4 aromatic carbocycles. The Kier molecular flexibility index (Phi) is 15.4. The van der Waals surface area contributed by atoms with Crippen LogP contribution >= 0.6 is 0 Å². The van der Waals surface area contributed by atoms with Gasteiger partial charge in [0.05, 0.1) is 12.8 Å². The van der Waals surface area contributed by atoms with Crippen LogP contribution in [0.4, 0.5) is 21.0 Å². The first kappa shape index (κ1) is 46.6. The molecule has 20 heteroatoms. The minimum atomic E-state index is -1.79. The Hall–Kier alpha value is -7.87. The summed E-state index contributed by atoms with van der Waals surface area (Å²) in [5.74, 6) is -4.74. The molecule has 0 unspecified atom stereocenters. The first-order valence-electron chi connectivity index (χ1n) is 20.0. The van der Waals surface area contributed by atoms with Gasteiger partial charge in [-0.05, 0) is 69.4 Å². The van der Waals surface area contributed by atoms with E-state index in [4.69, 9.17) is 42.6 Å². The van der Waals surface area contributed by atoms with Crippen LogP contribution in [-0.2, 0) is 63.7 Å². The van der Waals surface area contributed by atoms with Crippen molar-refractivity contribution >= 4 is 53.4 Å². The number of nitrogens with zero attached hydrogens (tertiary/aromatic N) is 1. The first-order chi connectivity index (χ1) is 31.2. The number of anilines is 1. The number of methoxy groups -OCH3 is 1. The molecule has 4 aromatic rings. The van der Waals surface area contributed by atoms with Crippen molar-refractivity contribution < 1.29 is 76.2 Å². The van der Waals surface area contributed by atoms with E-state index < -0.39 is 79.3 Å². The standard InChI is InChI=1S/C45H43N3O17/c1-24(49)60-38-39(61-25(2)50)41(62-26(3)51)43(65-40(38)42(53)57-4)64-36-18-13-27(22-59-45(55)63-29-16-14-28(48-56)15-17-29)21-35(36)47-37(52)19-20-46-44(54)58-23-34-32-11-7-5-9-30(32)31-10-6-8-12-33(31)34/h5-18,21,34,38-41,43H,19-20,22-23H2,1-4H3,(H,46,54)(H,47,52)/t38-,39-,40-,41+,43+/m0/s1. The van der Waals surface area contributed by atoms with E-state index in [0.29, 0.717) is 0 Å². The van der Waals surface area contributed by atoms with E-state index in [2.05, 4.69) is 15.8 Å². The molecule has 0 saturated carbocycles. The number of carbonyl (C=O) groups is 7. The van der Waals surface area contributed by atoms with Gasteiger partial charge in [-0.15, -0.1) is 4.91 Å². The predicted octanol–water partition coefficient (Wildman–Crippen LogP) is 5.74. The van der Waals surface area contributed by atoms with Crippen molar-refractivity contribution in [3.63, 3.8) is 0 Å². The van der Waals surface area contributed by atoms with Crippen LogP contribution in [0, 0.1) is 4.91 Å². The number of hydrogen-bond donors (Lipinski definition) is 2. The summed E-state index contributed by atoms with van der Waals surface area (Å²) >= 11 is 0. The van der Waals surface area contributed by atoms with Crippen LogP contribution < -0.4 is 20.1 Å². The lowest BCUT2D eigenvalue weighted by molar-refractivity contribution is -0.282. The molecule has 1 heterocycles. The third-order valence-electron chi connectivity index (χ3n) is 9.86. The van der Waals surface area contributed by atoms with Gasteiger partial charge in [-0.25, -0.2) is 14.4 Å². The number of hydrogen-bond acceptors (Lipinski definition) is 18. The molecule has 340 valence electrons. The van der Waals surface area contributed by atoms with E-state index >= 15 is 0 Å². The van der Waals surface area contributed by atoms with Gasteiger partial charge in [0.2, 0.25) is 18.3 Å². The topological polar surface area (TPSA) is 256 Å². The van der Waals surface area contributed by atoms with E-state index in [1.54, 1.807) is 0 Å². The fourth-order valence-corrected chi connectivity index (χ4v) is 7.15. The third kappa shape index (κ3) is 12.0. The zero-order valence-corrected chi connectivity index (χ0v) is 35.3. The van der Waals surface area contributed by atoms with Gasteiger partial charge in [0.1, 0.15) is 30.4 Å². The largest absolute Gasteiger partial charge is 0.514 e. The quantitative estimate of drug-likeness (QED) is 0.0588. The normalized spacial score (nSPS) is 18.3. The number of ether oxygens (including phenoxy) is 9. The number of benzene rings is 4. The van der Waals surface area contributed by atoms with E-state index in [0.717, 1.165) is 50.1 Å². The maximum absolute atomic E-state index is 13.5. The highest BCUT2D eigenvalue weighted by molar-refractivity contribution is 5.92. The lowest BCUT2D eigenvalue weighted by atomic mass is 9.97. The Labute approximate surface area is 370 Å². The van der Waals surface area contributed by atoms with Crippen LogP contribution in [0.3, 0.4) is 0 Å². The van der Waals surface area contributed by atoms with E-state index in [9.17, 15) is 38.5 Å². The van der Waals surface area contributed by atoms with Crippen LogP contribution in [0.2, 0.25) is 0 Å². The van der Waals surface area contributed by atoms with Gasteiger partial charge in [-0.1, -0.05) is 54.6 Å². The van der Waals surface area contributed by atoms with Gasteiger partial charge < -0.3 is 53.3 Å². The highest BCUT2D eigenvalue weighted by Gasteiger charge is 2.56. The Bertz CT molecular complexity index is 2390. The van der Waals surface area contributed by atoms with E-state index in [-0.39, 0.29) is 53.9 Å². The highest BCUT2D eigenvalue weighted by Crippen LogP contribution is 2.44. The first-order valence-corrected chi connectivity index (χ1v) is 20.0. The van der Waals surface area contributed by atoms with Crippen LogP contribution in [0.5, 0.6) is 11.5 Å². The molecule has 20 nitrogen and oxygen atoms in total. The molecule has 2 N–H and O–H groups in total. The molecular formula is C45H43N3O17. The second kappa shape index (κ2) is 21.5. The number of fused-ring (bicyclic) bond motifs is 3. The molecular weight excluding hydrogens is 854 g/mol. The van der Waals surface area contributed by atoms with Crippen molar-refractivity contribution in [2.45, 2.75) is 70.4 Å². The molecule has 0 aromatic heterocycles. The molecule has 0 radical (unpaired) electrons. The maximum Gasteiger partial charge on any atom is 0.514 e. The van der Waals surface area contributed by atoms with Crippen LogP contribution in [0.25, 0.3) is 11.1 Å². The summed E-state index contributed by atoms with van der Waals surface area (Å²) in [6.45, 7) is 2.57. The summed E-state index contributed by atoms with van der Waals surface area (Å²) in [4.78, 5) is 99.4. The monoisotopic (exact) mass is 897 g/mol. The lowest BCUT2D eigenvalue weighted by Crippen LogP contribution is -2.64. The highest BCUT2D eigenvalue weighted by atomic mass is 16.7. The van der Waals surface area contributed by atoms with Gasteiger partial charge >= 0.3 is 36.1 Å². The number of alkyl carbamates (subject to hydrolysis) is 1. The molecule has 5 atom stereocenters. The van der Waals surface area contributed by atoms with Crippen molar-refractivity contribution in [3.05, 3.63) is 113 Å². The van der Waals surface area contributed by atoms with Gasteiger partial charge in [0.15, 0.2) is 18.3 Å². The number of nitroso groups, excluding NO2 is 1. The zero-order chi connectivity index (χ0) is 46.6. The van der Waals surface area contributed by atoms with E-state index in [1.807, 2.05) is 48.5 Å². The van der Waals surface area contributed by atoms with Gasteiger partial charge in [0.25, 0.3) is 0 Å². The minimum Gasteiger partial charge on any atom is -0.467 e. The molecule has 6 rings (SSSR count). The average molecular weight is 898 g/mol. The molecule has 1 aliphatic carbocycles.